The predicted molar refractivity (Wildman–Crippen MR) is 88.7 cm³/mol. The van der Waals surface area contributed by atoms with E-state index in [1.54, 1.807) is 6.07 Å². The number of phenolic OH excluding ortho intramolecular Hbond substituents is 1. The number of phenols is 1. The van der Waals surface area contributed by atoms with Crippen LogP contribution in [-0.2, 0) is 12.8 Å². The fourth-order valence-corrected chi connectivity index (χ4v) is 3.50. The zero-order valence-corrected chi connectivity index (χ0v) is 13.9. The van der Waals surface area contributed by atoms with Gasteiger partial charge in [0.1, 0.15) is 5.75 Å². The molecule has 19 heavy (non-hydrogen) atoms. The van der Waals surface area contributed by atoms with E-state index in [-0.39, 0.29) is 0 Å². The van der Waals surface area contributed by atoms with Crippen molar-refractivity contribution in [3.8, 4) is 5.75 Å². The van der Waals surface area contributed by atoms with Crippen molar-refractivity contribution >= 4 is 22.6 Å². The maximum atomic E-state index is 9.65. The molecule has 0 aliphatic heterocycles. The summed E-state index contributed by atoms with van der Waals surface area (Å²) in [6.45, 7) is 5.45. The van der Waals surface area contributed by atoms with Crippen LogP contribution in [0.2, 0.25) is 0 Å². The van der Waals surface area contributed by atoms with Crippen molar-refractivity contribution in [1.82, 2.24) is 4.90 Å². The van der Waals surface area contributed by atoms with Crippen molar-refractivity contribution in [2.24, 2.45) is 0 Å². The Labute approximate surface area is 129 Å². The second-order valence-corrected chi connectivity index (χ2v) is 6.26. The van der Waals surface area contributed by atoms with E-state index in [9.17, 15) is 5.11 Å². The summed E-state index contributed by atoms with van der Waals surface area (Å²) < 4.78 is 1.34. The Kier molecular flexibility index (Phi) is 5.13. The lowest BCUT2D eigenvalue weighted by molar-refractivity contribution is 0.249. The van der Waals surface area contributed by atoms with Crippen molar-refractivity contribution in [2.45, 2.75) is 45.6 Å². The molecule has 3 heteroatoms. The number of nitrogens with zero attached hydrogens (tertiary/aromatic N) is 1. The van der Waals surface area contributed by atoms with Gasteiger partial charge in [-0.2, -0.15) is 0 Å². The van der Waals surface area contributed by atoms with Crippen LogP contribution >= 0.6 is 22.6 Å². The van der Waals surface area contributed by atoms with Crippen LogP contribution in [0.3, 0.4) is 0 Å². The molecule has 2 rings (SSSR count). The Hall–Kier alpha value is -0.710. The summed E-state index contributed by atoms with van der Waals surface area (Å²) >= 11 is 2.44. The lowest BCUT2D eigenvalue weighted by atomic mass is 9.87. The highest BCUT2D eigenvalue weighted by Crippen LogP contribution is 2.30. The molecule has 0 spiro atoms. The summed E-state index contributed by atoms with van der Waals surface area (Å²) in [7, 11) is 0. The maximum absolute atomic E-state index is 9.65. The van der Waals surface area contributed by atoms with E-state index in [1.165, 1.54) is 27.7 Å². The normalized spacial score (nSPS) is 19.1. The van der Waals surface area contributed by atoms with Gasteiger partial charge in [-0.05, 0) is 78.5 Å². The molecule has 2 nitrogen and oxygen atoms in total. The standard InChI is InChI=1S/C16H22INO/c1-3-9-18(16(17)4-2)14-7-5-12-6-8-15(19)11-13(12)10-14/h4,6,8,11,14,19H,3,5,7,9-10H2,1-2H3/b16-4+. The van der Waals surface area contributed by atoms with Gasteiger partial charge in [-0.3, -0.25) is 0 Å². The van der Waals surface area contributed by atoms with E-state index in [0.29, 0.717) is 11.8 Å². The summed E-state index contributed by atoms with van der Waals surface area (Å²) in [5, 5.41) is 9.65. The molecule has 0 saturated heterocycles. The Bertz CT molecular complexity index is 470. The van der Waals surface area contributed by atoms with Gasteiger partial charge >= 0.3 is 0 Å². The largest absolute Gasteiger partial charge is 0.508 e. The van der Waals surface area contributed by atoms with Crippen molar-refractivity contribution in [2.75, 3.05) is 6.54 Å². The first-order valence-corrected chi connectivity index (χ1v) is 8.12. The molecule has 1 unspecified atom stereocenters. The first-order chi connectivity index (χ1) is 9.15. The van der Waals surface area contributed by atoms with Crippen LogP contribution in [0.25, 0.3) is 0 Å². The minimum Gasteiger partial charge on any atom is -0.508 e. The van der Waals surface area contributed by atoms with Crippen molar-refractivity contribution < 1.29 is 5.11 Å². The average Bonchev–Trinajstić information content (AvgIpc) is 2.43. The number of aromatic hydroxyl groups is 1. The Morgan fingerprint density at radius 3 is 2.95 bits per heavy atom. The van der Waals surface area contributed by atoms with Crippen molar-refractivity contribution in [3.05, 3.63) is 39.1 Å². The fourth-order valence-electron chi connectivity index (χ4n) is 2.86. The second kappa shape index (κ2) is 6.64. The van der Waals surface area contributed by atoms with Crippen LogP contribution in [0.15, 0.2) is 28.0 Å². The number of hydrogen-bond donors (Lipinski definition) is 1. The number of hydrogen-bond acceptors (Lipinski definition) is 2. The number of allylic oxidation sites excluding steroid dienone is 1. The Balaban J connectivity index is 2.19. The molecule has 0 radical (unpaired) electrons. The van der Waals surface area contributed by atoms with Gasteiger partial charge in [-0.15, -0.1) is 0 Å². The van der Waals surface area contributed by atoms with Crippen LogP contribution in [0.4, 0.5) is 0 Å². The van der Waals surface area contributed by atoms with Gasteiger partial charge in [-0.1, -0.05) is 19.1 Å². The van der Waals surface area contributed by atoms with Crippen LogP contribution in [0, 0.1) is 0 Å². The first kappa shape index (κ1) is 14.7. The molecular formula is C16H22INO. The summed E-state index contributed by atoms with van der Waals surface area (Å²) in [5.41, 5.74) is 2.72. The molecule has 1 aromatic carbocycles. The van der Waals surface area contributed by atoms with E-state index in [1.807, 2.05) is 6.07 Å². The minimum absolute atomic E-state index is 0.391. The zero-order valence-electron chi connectivity index (χ0n) is 11.7. The molecule has 1 atom stereocenters. The third-order valence-corrected chi connectivity index (χ3v) is 5.05. The molecule has 0 aromatic heterocycles. The summed E-state index contributed by atoms with van der Waals surface area (Å²) in [5.74, 6) is 0.391. The Morgan fingerprint density at radius 2 is 2.26 bits per heavy atom. The average molecular weight is 371 g/mol. The smallest absolute Gasteiger partial charge is 0.115 e. The molecule has 1 aromatic rings. The molecule has 0 amide bonds. The van der Waals surface area contributed by atoms with Gasteiger partial charge < -0.3 is 10.0 Å². The highest BCUT2D eigenvalue weighted by Gasteiger charge is 2.24. The number of benzene rings is 1. The summed E-state index contributed by atoms with van der Waals surface area (Å²) in [4.78, 5) is 2.52. The SMILES string of the molecule is C/C=C(\I)N(CCC)C1CCc2ccc(O)cc2C1. The van der Waals surface area contributed by atoms with E-state index in [2.05, 4.69) is 53.5 Å². The third kappa shape index (κ3) is 3.44. The van der Waals surface area contributed by atoms with Crippen LogP contribution in [-0.4, -0.2) is 22.6 Å². The summed E-state index contributed by atoms with van der Waals surface area (Å²) in [6, 6.07) is 6.38. The third-order valence-electron chi connectivity index (χ3n) is 3.81. The van der Waals surface area contributed by atoms with Gasteiger partial charge in [0.25, 0.3) is 0 Å². The number of rotatable bonds is 4. The number of halogens is 1. The molecule has 0 saturated carbocycles. The van der Waals surface area contributed by atoms with Gasteiger partial charge in [0.2, 0.25) is 0 Å². The molecule has 0 fully saturated rings. The fraction of sp³-hybridized carbons (Fsp3) is 0.500. The molecule has 0 heterocycles. The van der Waals surface area contributed by atoms with Crippen molar-refractivity contribution in [1.29, 1.82) is 0 Å². The minimum atomic E-state index is 0.391. The first-order valence-electron chi connectivity index (χ1n) is 7.05. The molecule has 1 aliphatic rings. The second-order valence-electron chi connectivity index (χ2n) is 5.15. The van der Waals surface area contributed by atoms with Gasteiger partial charge in [0.05, 0.1) is 3.70 Å². The van der Waals surface area contributed by atoms with E-state index in [4.69, 9.17) is 0 Å². The lowest BCUT2D eigenvalue weighted by Crippen LogP contribution is -2.38. The van der Waals surface area contributed by atoms with Crippen LogP contribution in [0.1, 0.15) is 37.8 Å². The molecule has 0 bridgehead atoms. The lowest BCUT2D eigenvalue weighted by Gasteiger charge is -2.36. The van der Waals surface area contributed by atoms with E-state index >= 15 is 0 Å². The highest BCUT2D eigenvalue weighted by atomic mass is 127. The van der Waals surface area contributed by atoms with Gasteiger partial charge in [0.15, 0.2) is 0 Å². The van der Waals surface area contributed by atoms with E-state index in [0.717, 1.165) is 19.4 Å². The number of fused-ring (bicyclic) bond motifs is 1. The van der Waals surface area contributed by atoms with Gasteiger partial charge in [0, 0.05) is 12.6 Å². The summed E-state index contributed by atoms with van der Waals surface area (Å²) in [6.07, 6.45) is 6.73. The van der Waals surface area contributed by atoms with Crippen LogP contribution < -0.4 is 0 Å². The van der Waals surface area contributed by atoms with Crippen LogP contribution in [0.5, 0.6) is 5.75 Å². The van der Waals surface area contributed by atoms with Gasteiger partial charge in [-0.25, -0.2) is 0 Å². The maximum Gasteiger partial charge on any atom is 0.115 e. The number of aryl methyl sites for hydroxylation is 1. The topological polar surface area (TPSA) is 23.5 Å². The van der Waals surface area contributed by atoms with Crippen molar-refractivity contribution in [3.63, 3.8) is 0 Å². The predicted octanol–water partition coefficient (Wildman–Crippen LogP) is 4.26. The molecular weight excluding hydrogens is 349 g/mol. The molecule has 104 valence electrons. The Morgan fingerprint density at radius 1 is 1.47 bits per heavy atom. The van der Waals surface area contributed by atoms with E-state index < -0.39 is 0 Å². The zero-order chi connectivity index (χ0) is 13.8. The molecule has 1 aliphatic carbocycles. The monoisotopic (exact) mass is 371 g/mol. The quantitative estimate of drug-likeness (QED) is 0.632. The highest BCUT2D eigenvalue weighted by molar-refractivity contribution is 14.1. The molecule has 1 N–H and O–H groups in total.